The zero-order valence-electron chi connectivity index (χ0n) is 35.4. The first-order chi connectivity index (χ1) is 30.0. The Morgan fingerprint density at radius 3 is 2.32 bits per heavy atom. The molecule has 3 aromatic heterocycles. The number of pyridine rings is 1. The van der Waals surface area contributed by atoms with Crippen LogP contribution in [0.25, 0.3) is 5.52 Å². The van der Waals surface area contributed by atoms with Crippen LogP contribution in [0.4, 0.5) is 5.82 Å². The number of benzene rings is 1. The van der Waals surface area contributed by atoms with E-state index in [9.17, 15) is 15.1 Å². The Labute approximate surface area is 367 Å². The van der Waals surface area contributed by atoms with Crippen molar-refractivity contribution in [2.75, 3.05) is 25.6 Å². The molecule has 6 rings (SSSR count). The molecule has 62 heavy (non-hydrogen) atoms. The summed E-state index contributed by atoms with van der Waals surface area (Å²) < 4.78 is 64.1. The average Bonchev–Trinajstić information content (AvgIpc) is 3.93. The number of nitriles is 2. The molecule has 5 heterocycles. The van der Waals surface area contributed by atoms with Crippen LogP contribution in [0, 0.1) is 22.7 Å². The first kappa shape index (κ1) is 47.1. The zero-order chi connectivity index (χ0) is 44.0. The predicted octanol–water partition coefficient (Wildman–Crippen LogP) is 9.36. The summed E-state index contributed by atoms with van der Waals surface area (Å²) in [7, 11) is -4.89. The minimum atomic E-state index is -4.89. The fourth-order valence-electron chi connectivity index (χ4n) is 7.26. The zero-order valence-corrected chi connectivity index (χ0v) is 37.0. The van der Waals surface area contributed by atoms with Gasteiger partial charge in [0.2, 0.25) is 5.88 Å². The number of nitrogens with zero attached hydrogens (tertiary/aromatic N) is 6. The molecule has 2 aliphatic rings. The van der Waals surface area contributed by atoms with E-state index in [1.165, 1.54) is 93.0 Å². The first-order valence-electron chi connectivity index (χ1n) is 21.2. The van der Waals surface area contributed by atoms with Gasteiger partial charge in [0, 0.05) is 18.9 Å². The molecule has 17 nitrogen and oxygen atoms in total. The standard InChI is InChI=1S/C43H55ClN7O10P/c1-4-5-6-7-8-9-10-11-12-13-14-17-24-53-27-32(55-37-23-20-31(25-45)26-48-37)28-54-62(52,59-36-19-16-15-18-33(36)44)61-60-43(29-46)40-39(56-42(2,3)58-40)38(57-43)34-21-22-35-41(47)49-30-50-51(34)35/h15-16,18-23,26,30,32,38-40H,4-14,17,24,27-28H2,1-3H3,(H2,47,49,50)/t32-,38+,39+,40+,43-,62?/m1/s1. The van der Waals surface area contributed by atoms with Crippen LogP contribution in [0.5, 0.6) is 11.6 Å². The smallest absolute Gasteiger partial charge is 0.469 e. The van der Waals surface area contributed by atoms with E-state index < -0.39 is 50.4 Å². The second-order valence-corrected chi connectivity index (χ2v) is 17.6. The highest BCUT2D eigenvalue weighted by atomic mass is 35.5. The summed E-state index contributed by atoms with van der Waals surface area (Å²) in [5.74, 6) is -3.26. The summed E-state index contributed by atoms with van der Waals surface area (Å²) in [6.45, 7) is 5.58. The lowest BCUT2D eigenvalue weighted by molar-refractivity contribution is -0.384. The van der Waals surface area contributed by atoms with Crippen LogP contribution in [-0.2, 0) is 37.6 Å². The predicted molar refractivity (Wildman–Crippen MR) is 226 cm³/mol. The van der Waals surface area contributed by atoms with E-state index in [1.807, 2.05) is 12.1 Å². The third kappa shape index (κ3) is 12.4. The molecule has 2 fully saturated rings. The van der Waals surface area contributed by atoms with Crippen LogP contribution < -0.4 is 15.0 Å². The van der Waals surface area contributed by atoms with E-state index in [1.54, 1.807) is 44.2 Å². The molecule has 2 saturated heterocycles. The second-order valence-electron chi connectivity index (χ2n) is 15.7. The van der Waals surface area contributed by atoms with Crippen molar-refractivity contribution in [3.8, 4) is 23.8 Å². The number of hydrogen-bond donors (Lipinski definition) is 1. The number of nitrogens with two attached hydrogens (primary N) is 1. The Morgan fingerprint density at radius 1 is 0.919 bits per heavy atom. The third-order valence-electron chi connectivity index (χ3n) is 10.4. The number of phosphoric acid groups is 1. The van der Waals surface area contributed by atoms with Gasteiger partial charge in [0.1, 0.15) is 48.0 Å². The van der Waals surface area contributed by atoms with Gasteiger partial charge in [0.05, 0.1) is 29.5 Å². The van der Waals surface area contributed by atoms with Crippen molar-refractivity contribution in [1.29, 1.82) is 10.5 Å². The van der Waals surface area contributed by atoms with Crippen LogP contribution in [0.3, 0.4) is 0 Å². The molecule has 0 aliphatic carbocycles. The third-order valence-corrected chi connectivity index (χ3v) is 11.8. The molecular formula is C43H55ClN7O10P. The highest BCUT2D eigenvalue weighted by Gasteiger charge is 2.67. The maximum atomic E-state index is 14.7. The van der Waals surface area contributed by atoms with E-state index in [0.29, 0.717) is 23.4 Å². The highest BCUT2D eigenvalue weighted by Crippen LogP contribution is 2.56. The number of rotatable bonds is 26. The number of para-hydroxylation sites is 1. The molecule has 334 valence electrons. The lowest BCUT2D eigenvalue weighted by Crippen LogP contribution is -2.44. The van der Waals surface area contributed by atoms with Crippen LogP contribution in [-0.4, -0.2) is 69.3 Å². The van der Waals surface area contributed by atoms with Gasteiger partial charge in [-0.05, 0) is 50.6 Å². The number of nitrogen functional groups attached to an aromatic ring is 1. The van der Waals surface area contributed by atoms with Gasteiger partial charge in [-0.2, -0.15) is 20.5 Å². The van der Waals surface area contributed by atoms with Crippen molar-refractivity contribution in [2.24, 2.45) is 0 Å². The molecule has 0 saturated carbocycles. The van der Waals surface area contributed by atoms with Crippen molar-refractivity contribution in [3.63, 3.8) is 0 Å². The number of aromatic nitrogens is 4. The first-order valence-corrected chi connectivity index (χ1v) is 23.0. The normalized spacial score (nSPS) is 21.8. The molecule has 0 amide bonds. The molecule has 6 atom stereocenters. The van der Waals surface area contributed by atoms with Crippen molar-refractivity contribution in [1.82, 2.24) is 19.6 Å². The maximum Gasteiger partial charge on any atom is 0.558 e. The average molecular weight is 896 g/mol. The summed E-state index contributed by atoms with van der Waals surface area (Å²) in [6, 6.07) is 16.7. The summed E-state index contributed by atoms with van der Waals surface area (Å²) in [4.78, 5) is 14.0. The number of unbranched alkanes of at least 4 members (excludes halogenated alkanes) is 11. The van der Waals surface area contributed by atoms with Gasteiger partial charge in [-0.3, -0.25) is 4.52 Å². The minimum Gasteiger partial charge on any atom is -0.469 e. The molecule has 4 aromatic rings. The van der Waals surface area contributed by atoms with Gasteiger partial charge in [0.15, 0.2) is 17.7 Å². The van der Waals surface area contributed by atoms with Gasteiger partial charge in [-0.1, -0.05) is 101 Å². The van der Waals surface area contributed by atoms with Crippen LogP contribution in [0.2, 0.25) is 5.02 Å². The number of phosphoric ester groups is 1. The maximum absolute atomic E-state index is 14.7. The van der Waals surface area contributed by atoms with Crippen molar-refractivity contribution < 1.29 is 46.9 Å². The van der Waals surface area contributed by atoms with E-state index in [0.717, 1.165) is 19.3 Å². The number of fused-ring (bicyclic) bond motifs is 2. The quantitative estimate of drug-likeness (QED) is 0.0269. The van der Waals surface area contributed by atoms with Gasteiger partial charge in [0.25, 0.3) is 0 Å². The van der Waals surface area contributed by atoms with Crippen molar-refractivity contribution in [2.45, 2.75) is 134 Å². The van der Waals surface area contributed by atoms with Gasteiger partial charge in [-0.25, -0.2) is 19.0 Å². The minimum absolute atomic E-state index is 0.00292. The van der Waals surface area contributed by atoms with Gasteiger partial charge >= 0.3 is 13.6 Å². The monoisotopic (exact) mass is 895 g/mol. The topological polar surface area (TPSA) is 217 Å². The van der Waals surface area contributed by atoms with E-state index >= 15 is 0 Å². The van der Waals surface area contributed by atoms with E-state index in [-0.39, 0.29) is 29.1 Å². The summed E-state index contributed by atoms with van der Waals surface area (Å²) >= 11 is 6.41. The Bertz CT molecular complexity index is 2180. The van der Waals surface area contributed by atoms with Crippen molar-refractivity contribution in [3.05, 3.63) is 77.3 Å². The molecule has 19 heteroatoms. The highest BCUT2D eigenvalue weighted by molar-refractivity contribution is 7.48. The number of halogens is 1. The Hall–Kier alpha value is -4.39. The van der Waals surface area contributed by atoms with E-state index in [4.69, 9.17) is 59.6 Å². The van der Waals surface area contributed by atoms with Crippen LogP contribution in [0.1, 0.15) is 115 Å². The molecule has 2 N–H and O–H groups in total. The summed E-state index contributed by atoms with van der Waals surface area (Å²) in [5, 5.41) is 24.4. The van der Waals surface area contributed by atoms with Crippen LogP contribution >= 0.6 is 19.4 Å². The number of anilines is 1. The number of hydrogen-bond acceptors (Lipinski definition) is 16. The van der Waals surface area contributed by atoms with Crippen LogP contribution in [0.15, 0.2) is 61.1 Å². The molecule has 1 unspecified atom stereocenters. The Morgan fingerprint density at radius 2 is 1.65 bits per heavy atom. The Balaban J connectivity index is 1.13. The molecule has 0 spiro atoms. The summed E-state index contributed by atoms with van der Waals surface area (Å²) in [6.07, 6.45) is 13.1. The van der Waals surface area contributed by atoms with Gasteiger partial charge < -0.3 is 33.9 Å². The van der Waals surface area contributed by atoms with Gasteiger partial charge in [-0.15, -0.1) is 4.67 Å². The lowest BCUT2D eigenvalue weighted by Gasteiger charge is -2.29. The molecule has 2 aliphatic heterocycles. The lowest BCUT2D eigenvalue weighted by atomic mass is 10.0. The number of ether oxygens (including phenoxy) is 5. The fraction of sp³-hybridized carbons (Fsp3) is 0.558. The second kappa shape index (κ2) is 22.3. The van der Waals surface area contributed by atoms with Crippen molar-refractivity contribution >= 4 is 30.8 Å². The molecule has 0 bridgehead atoms. The molecule has 1 aromatic carbocycles. The molecular weight excluding hydrogens is 841 g/mol. The molecule has 0 radical (unpaired) electrons. The Kier molecular flexibility index (Phi) is 16.9. The largest absolute Gasteiger partial charge is 0.558 e. The SMILES string of the molecule is CCCCCCCCCCCCCCOC[C@H](COP(=O)(OO[C@@]1(C#N)O[C@@H](c2ccc3c(N)ncnn23)[C@@H]2OC(C)(C)O[C@@H]21)Oc1ccccc1Cl)Oc1ccc(C#N)cn1. The summed E-state index contributed by atoms with van der Waals surface area (Å²) in [5.41, 5.74) is 7.36. The van der Waals surface area contributed by atoms with E-state index in [2.05, 4.69) is 22.0 Å². The fourth-order valence-corrected chi connectivity index (χ4v) is 8.57.